The summed E-state index contributed by atoms with van der Waals surface area (Å²) >= 11 is 5.85. The van der Waals surface area contributed by atoms with Crippen molar-refractivity contribution in [2.24, 2.45) is 0 Å². The van der Waals surface area contributed by atoms with Gasteiger partial charge in [-0.05, 0) is 30.3 Å². The van der Waals surface area contributed by atoms with Crippen molar-refractivity contribution in [2.45, 2.75) is 4.90 Å². The average molecular weight is 335 g/mol. The van der Waals surface area contributed by atoms with Gasteiger partial charge in [0.05, 0.1) is 22.5 Å². The zero-order valence-corrected chi connectivity index (χ0v) is 12.8. The quantitative estimate of drug-likeness (QED) is 0.795. The molecule has 0 fully saturated rings. The topological polar surface area (TPSA) is 76.9 Å². The second kappa shape index (κ2) is 5.78. The van der Waals surface area contributed by atoms with E-state index < -0.39 is 10.0 Å². The SMILES string of the molecule is O=S(=O)(Nc1cnccc1-n1cccn1)c1cccc(Cl)c1. The van der Waals surface area contributed by atoms with E-state index in [-0.39, 0.29) is 4.90 Å². The van der Waals surface area contributed by atoms with Gasteiger partial charge >= 0.3 is 0 Å². The van der Waals surface area contributed by atoms with E-state index in [0.29, 0.717) is 16.4 Å². The van der Waals surface area contributed by atoms with Gasteiger partial charge in [0.2, 0.25) is 0 Å². The molecule has 2 heterocycles. The summed E-state index contributed by atoms with van der Waals surface area (Å²) in [4.78, 5) is 4.04. The Morgan fingerprint density at radius 2 is 2.00 bits per heavy atom. The van der Waals surface area contributed by atoms with Crippen LogP contribution in [0.2, 0.25) is 5.02 Å². The Hall–Kier alpha value is -2.38. The van der Waals surface area contributed by atoms with Gasteiger partial charge in [-0.1, -0.05) is 17.7 Å². The Bertz CT molecular complexity index is 895. The fraction of sp³-hybridized carbons (Fsp3) is 0. The van der Waals surface area contributed by atoms with Crippen molar-refractivity contribution in [1.29, 1.82) is 0 Å². The van der Waals surface area contributed by atoms with Crippen LogP contribution in [-0.4, -0.2) is 23.2 Å². The normalized spacial score (nSPS) is 11.3. The molecule has 3 aromatic rings. The maximum Gasteiger partial charge on any atom is 0.262 e. The standard InChI is InChI=1S/C14H11ClN4O2S/c15-11-3-1-4-12(9-11)22(20,21)18-13-10-16-7-5-14(13)19-8-2-6-17-19/h1-10,18H. The van der Waals surface area contributed by atoms with Crippen molar-refractivity contribution in [3.8, 4) is 5.69 Å². The van der Waals surface area contributed by atoms with E-state index in [1.54, 1.807) is 47.5 Å². The lowest BCUT2D eigenvalue weighted by Crippen LogP contribution is -2.15. The maximum atomic E-state index is 12.4. The largest absolute Gasteiger partial charge is 0.276 e. The molecule has 112 valence electrons. The van der Waals surface area contributed by atoms with Crippen LogP contribution in [0.3, 0.4) is 0 Å². The van der Waals surface area contributed by atoms with Crippen LogP contribution < -0.4 is 4.72 Å². The van der Waals surface area contributed by atoms with Crippen LogP contribution in [0.25, 0.3) is 5.69 Å². The zero-order chi connectivity index (χ0) is 15.6. The number of halogens is 1. The van der Waals surface area contributed by atoms with Gasteiger partial charge in [-0.15, -0.1) is 0 Å². The summed E-state index contributed by atoms with van der Waals surface area (Å²) in [5.74, 6) is 0. The molecule has 0 amide bonds. The number of rotatable bonds is 4. The molecule has 0 aliphatic carbocycles. The Morgan fingerprint density at radius 3 is 2.73 bits per heavy atom. The molecule has 8 heteroatoms. The third-order valence-electron chi connectivity index (χ3n) is 2.90. The summed E-state index contributed by atoms with van der Waals surface area (Å²) in [7, 11) is -3.76. The first-order chi connectivity index (χ1) is 10.6. The molecule has 6 nitrogen and oxygen atoms in total. The summed E-state index contributed by atoms with van der Waals surface area (Å²) < 4.78 is 29.0. The molecule has 3 rings (SSSR count). The van der Waals surface area contributed by atoms with Crippen LogP contribution in [0.4, 0.5) is 5.69 Å². The van der Waals surface area contributed by atoms with E-state index in [0.717, 1.165) is 0 Å². The van der Waals surface area contributed by atoms with E-state index >= 15 is 0 Å². The maximum absolute atomic E-state index is 12.4. The fourth-order valence-electron chi connectivity index (χ4n) is 1.91. The van der Waals surface area contributed by atoms with Gasteiger partial charge < -0.3 is 0 Å². The van der Waals surface area contributed by atoms with E-state index in [1.807, 2.05) is 0 Å². The molecule has 0 saturated carbocycles. The lowest BCUT2D eigenvalue weighted by atomic mass is 10.3. The summed E-state index contributed by atoms with van der Waals surface area (Å²) in [6.45, 7) is 0. The Labute approximate surface area is 132 Å². The highest BCUT2D eigenvalue weighted by molar-refractivity contribution is 7.92. The van der Waals surface area contributed by atoms with E-state index in [2.05, 4.69) is 14.8 Å². The number of hydrogen-bond acceptors (Lipinski definition) is 4. The van der Waals surface area contributed by atoms with Gasteiger partial charge in [0, 0.05) is 23.6 Å². The van der Waals surface area contributed by atoms with E-state index in [1.165, 1.54) is 18.3 Å². The lowest BCUT2D eigenvalue weighted by Gasteiger charge is -2.12. The first kappa shape index (κ1) is 14.6. The third-order valence-corrected chi connectivity index (χ3v) is 4.50. The molecule has 0 bridgehead atoms. The minimum Gasteiger partial charge on any atom is -0.276 e. The molecule has 0 aliphatic heterocycles. The summed E-state index contributed by atoms with van der Waals surface area (Å²) in [6, 6.07) is 9.46. The lowest BCUT2D eigenvalue weighted by molar-refractivity contribution is 0.601. The summed E-state index contributed by atoms with van der Waals surface area (Å²) in [6.07, 6.45) is 6.31. The van der Waals surface area contributed by atoms with Crippen molar-refractivity contribution in [3.63, 3.8) is 0 Å². The smallest absolute Gasteiger partial charge is 0.262 e. The minimum absolute atomic E-state index is 0.0790. The van der Waals surface area contributed by atoms with Crippen LogP contribution in [0.1, 0.15) is 0 Å². The average Bonchev–Trinajstić information content (AvgIpc) is 3.01. The molecule has 1 aromatic carbocycles. The number of aromatic nitrogens is 3. The van der Waals surface area contributed by atoms with E-state index in [4.69, 9.17) is 11.6 Å². The number of hydrogen-bond donors (Lipinski definition) is 1. The zero-order valence-electron chi connectivity index (χ0n) is 11.2. The van der Waals surface area contributed by atoms with Crippen molar-refractivity contribution < 1.29 is 8.42 Å². The molecule has 0 atom stereocenters. The minimum atomic E-state index is -3.76. The van der Waals surface area contributed by atoms with Gasteiger partial charge in [-0.2, -0.15) is 5.10 Å². The Morgan fingerprint density at radius 1 is 1.14 bits per heavy atom. The number of pyridine rings is 1. The first-order valence-electron chi connectivity index (χ1n) is 6.29. The van der Waals surface area contributed by atoms with Crippen LogP contribution in [0.15, 0.2) is 66.1 Å². The van der Waals surface area contributed by atoms with E-state index in [9.17, 15) is 8.42 Å². The molecule has 0 unspecified atom stereocenters. The van der Waals surface area contributed by atoms with Crippen LogP contribution in [0, 0.1) is 0 Å². The van der Waals surface area contributed by atoms with Crippen LogP contribution >= 0.6 is 11.6 Å². The second-order valence-electron chi connectivity index (χ2n) is 4.41. The summed E-state index contributed by atoms with van der Waals surface area (Å²) in [5, 5.41) is 4.45. The first-order valence-corrected chi connectivity index (χ1v) is 8.15. The molecule has 0 aliphatic rings. The molecule has 1 N–H and O–H groups in total. The molecule has 22 heavy (non-hydrogen) atoms. The molecule has 0 spiro atoms. The van der Waals surface area contributed by atoms with Crippen molar-refractivity contribution in [2.75, 3.05) is 4.72 Å². The highest BCUT2D eigenvalue weighted by Gasteiger charge is 2.17. The van der Waals surface area contributed by atoms with Gasteiger partial charge in [-0.3, -0.25) is 9.71 Å². The molecule has 0 radical (unpaired) electrons. The molecule has 0 saturated heterocycles. The second-order valence-corrected chi connectivity index (χ2v) is 6.53. The Kier molecular flexibility index (Phi) is 3.82. The number of nitrogens with one attached hydrogen (secondary N) is 1. The highest BCUT2D eigenvalue weighted by Crippen LogP contribution is 2.23. The van der Waals surface area contributed by atoms with Crippen LogP contribution in [0.5, 0.6) is 0 Å². The molecule has 2 aromatic heterocycles. The van der Waals surface area contributed by atoms with Crippen molar-refractivity contribution in [3.05, 3.63) is 66.2 Å². The number of anilines is 1. The Balaban J connectivity index is 2.00. The predicted octanol–water partition coefficient (Wildman–Crippen LogP) is 2.72. The van der Waals surface area contributed by atoms with Gasteiger partial charge in [0.15, 0.2) is 0 Å². The van der Waals surface area contributed by atoms with Gasteiger partial charge in [-0.25, -0.2) is 13.1 Å². The number of sulfonamides is 1. The monoisotopic (exact) mass is 334 g/mol. The third kappa shape index (κ3) is 2.95. The van der Waals surface area contributed by atoms with Crippen molar-refractivity contribution in [1.82, 2.24) is 14.8 Å². The molecular weight excluding hydrogens is 324 g/mol. The van der Waals surface area contributed by atoms with Crippen molar-refractivity contribution >= 4 is 27.3 Å². The van der Waals surface area contributed by atoms with Gasteiger partial charge in [0.1, 0.15) is 0 Å². The summed E-state index contributed by atoms with van der Waals surface area (Å²) in [5.41, 5.74) is 0.900. The predicted molar refractivity (Wildman–Crippen MR) is 83.6 cm³/mol. The number of nitrogens with zero attached hydrogens (tertiary/aromatic N) is 3. The van der Waals surface area contributed by atoms with Crippen LogP contribution in [-0.2, 0) is 10.0 Å². The molecular formula is C14H11ClN4O2S. The van der Waals surface area contributed by atoms with Gasteiger partial charge in [0.25, 0.3) is 10.0 Å². The fourth-order valence-corrected chi connectivity index (χ4v) is 3.27. The number of benzene rings is 1. The highest BCUT2D eigenvalue weighted by atomic mass is 35.5.